The van der Waals surface area contributed by atoms with Gasteiger partial charge in [-0.25, -0.2) is 0 Å². The van der Waals surface area contributed by atoms with Crippen molar-refractivity contribution in [2.45, 2.75) is 64.8 Å². The van der Waals surface area contributed by atoms with Crippen LogP contribution in [0.15, 0.2) is 0 Å². The van der Waals surface area contributed by atoms with Crippen molar-refractivity contribution in [2.75, 3.05) is 6.61 Å². The Morgan fingerprint density at radius 1 is 1.07 bits per heavy atom. The van der Waals surface area contributed by atoms with Gasteiger partial charge >= 0.3 is 0 Å². The van der Waals surface area contributed by atoms with Gasteiger partial charge in [-0.2, -0.15) is 0 Å². The molecule has 1 aliphatic heterocycles. The van der Waals surface area contributed by atoms with E-state index in [2.05, 4.69) is 6.92 Å². The van der Waals surface area contributed by atoms with E-state index >= 15 is 0 Å². The van der Waals surface area contributed by atoms with Crippen LogP contribution < -0.4 is 0 Å². The van der Waals surface area contributed by atoms with Crippen LogP contribution in [0, 0.1) is 11.8 Å². The average molecular weight is 212 g/mol. The van der Waals surface area contributed by atoms with Crippen molar-refractivity contribution in [1.82, 2.24) is 0 Å². The minimum atomic E-state index is -0.366. The smallest absolute Gasteiger partial charge is 0.163 e. The number of ether oxygens (including phenoxy) is 2. The van der Waals surface area contributed by atoms with E-state index in [0.717, 1.165) is 12.5 Å². The third-order valence-electron chi connectivity index (χ3n) is 3.79. The van der Waals surface area contributed by atoms with Crippen molar-refractivity contribution >= 4 is 0 Å². The number of hydrogen-bond donors (Lipinski definition) is 0. The average Bonchev–Trinajstić information content (AvgIpc) is 2.23. The maximum atomic E-state index is 6.10. The van der Waals surface area contributed by atoms with Crippen molar-refractivity contribution in [3.63, 3.8) is 0 Å². The highest BCUT2D eigenvalue weighted by Gasteiger charge is 2.38. The van der Waals surface area contributed by atoms with E-state index in [1.807, 2.05) is 13.8 Å². The molecule has 0 aromatic rings. The molecule has 2 heteroatoms. The summed E-state index contributed by atoms with van der Waals surface area (Å²) in [5.41, 5.74) is 0. The molecule has 2 rings (SSSR count). The lowest BCUT2D eigenvalue weighted by Gasteiger charge is -2.44. The highest BCUT2D eigenvalue weighted by Crippen LogP contribution is 2.36. The Labute approximate surface area is 93.3 Å². The molecule has 88 valence electrons. The lowest BCUT2D eigenvalue weighted by atomic mass is 9.80. The first kappa shape index (κ1) is 11.4. The quantitative estimate of drug-likeness (QED) is 0.663. The molecule has 1 saturated heterocycles. The molecule has 2 unspecified atom stereocenters. The summed E-state index contributed by atoms with van der Waals surface area (Å²) in [5, 5.41) is 0. The molecule has 2 atom stereocenters. The summed E-state index contributed by atoms with van der Waals surface area (Å²) in [5.74, 6) is 0.965. The molecule has 1 heterocycles. The van der Waals surface area contributed by atoms with Gasteiger partial charge in [0.15, 0.2) is 5.79 Å². The lowest BCUT2D eigenvalue weighted by Crippen LogP contribution is -2.48. The van der Waals surface area contributed by atoms with Crippen molar-refractivity contribution in [2.24, 2.45) is 11.8 Å². The van der Waals surface area contributed by atoms with Gasteiger partial charge in [-0.1, -0.05) is 26.2 Å². The second-order valence-electron chi connectivity index (χ2n) is 5.67. The van der Waals surface area contributed by atoms with Gasteiger partial charge in [-0.05, 0) is 32.6 Å². The van der Waals surface area contributed by atoms with Crippen molar-refractivity contribution in [3.05, 3.63) is 0 Å². The van der Waals surface area contributed by atoms with E-state index in [1.165, 1.54) is 32.1 Å². The van der Waals surface area contributed by atoms with Crippen molar-refractivity contribution in [1.29, 1.82) is 0 Å². The Balaban J connectivity index is 1.98. The number of rotatable bonds is 1. The first-order chi connectivity index (χ1) is 7.08. The maximum Gasteiger partial charge on any atom is 0.163 e. The predicted molar refractivity (Wildman–Crippen MR) is 60.6 cm³/mol. The zero-order valence-corrected chi connectivity index (χ0v) is 10.3. The second-order valence-corrected chi connectivity index (χ2v) is 5.67. The topological polar surface area (TPSA) is 18.5 Å². The molecule has 2 aliphatic rings. The fraction of sp³-hybridized carbons (Fsp3) is 1.00. The lowest BCUT2D eigenvalue weighted by molar-refractivity contribution is -0.301. The summed E-state index contributed by atoms with van der Waals surface area (Å²) in [4.78, 5) is 0. The third-order valence-corrected chi connectivity index (χ3v) is 3.79. The van der Waals surface area contributed by atoms with E-state index in [0.29, 0.717) is 12.0 Å². The SMILES string of the molecule is CC1COC(C)(C)OC1C1CCCCC1. The normalized spacial score (nSPS) is 37.8. The maximum absolute atomic E-state index is 6.10. The fourth-order valence-corrected chi connectivity index (χ4v) is 2.93. The van der Waals surface area contributed by atoms with Crippen LogP contribution in [0.5, 0.6) is 0 Å². The first-order valence-electron chi connectivity index (χ1n) is 6.40. The van der Waals surface area contributed by atoms with Crippen molar-refractivity contribution < 1.29 is 9.47 Å². The molecule has 0 amide bonds. The minimum absolute atomic E-state index is 0.366. The van der Waals surface area contributed by atoms with E-state index in [4.69, 9.17) is 9.47 Å². The highest BCUT2D eigenvalue weighted by molar-refractivity contribution is 4.82. The summed E-state index contributed by atoms with van der Waals surface area (Å²) in [7, 11) is 0. The van der Waals surface area contributed by atoms with Crippen LogP contribution >= 0.6 is 0 Å². The molecule has 0 aromatic heterocycles. The molecule has 0 bridgehead atoms. The van der Waals surface area contributed by atoms with E-state index in [1.54, 1.807) is 0 Å². The summed E-state index contributed by atoms with van der Waals surface area (Å²) in [6, 6.07) is 0. The van der Waals surface area contributed by atoms with Crippen LogP contribution in [-0.4, -0.2) is 18.5 Å². The molecule has 0 spiro atoms. The summed E-state index contributed by atoms with van der Waals surface area (Å²) < 4.78 is 11.8. The Kier molecular flexibility index (Phi) is 3.36. The largest absolute Gasteiger partial charge is 0.350 e. The van der Waals surface area contributed by atoms with Crippen LogP contribution in [0.4, 0.5) is 0 Å². The minimum Gasteiger partial charge on any atom is -0.350 e. The van der Waals surface area contributed by atoms with E-state index in [9.17, 15) is 0 Å². The first-order valence-corrected chi connectivity index (χ1v) is 6.40. The third kappa shape index (κ3) is 2.73. The predicted octanol–water partition coefficient (Wildman–Crippen LogP) is 3.35. The van der Waals surface area contributed by atoms with Gasteiger partial charge in [-0.15, -0.1) is 0 Å². The van der Waals surface area contributed by atoms with Gasteiger partial charge in [0.2, 0.25) is 0 Å². The van der Waals surface area contributed by atoms with Crippen LogP contribution in [0.2, 0.25) is 0 Å². The van der Waals surface area contributed by atoms with Gasteiger partial charge in [0.1, 0.15) is 0 Å². The van der Waals surface area contributed by atoms with Gasteiger partial charge < -0.3 is 9.47 Å². The highest BCUT2D eigenvalue weighted by atomic mass is 16.7. The molecule has 1 aliphatic carbocycles. The zero-order valence-electron chi connectivity index (χ0n) is 10.3. The van der Waals surface area contributed by atoms with Crippen LogP contribution in [0.25, 0.3) is 0 Å². The zero-order chi connectivity index (χ0) is 10.9. The van der Waals surface area contributed by atoms with Crippen molar-refractivity contribution in [3.8, 4) is 0 Å². The standard InChI is InChI=1S/C13H24O2/c1-10-9-14-13(2,3)15-12(10)11-7-5-4-6-8-11/h10-12H,4-9H2,1-3H3. The fourth-order valence-electron chi connectivity index (χ4n) is 2.93. The van der Waals surface area contributed by atoms with Crippen LogP contribution in [0.1, 0.15) is 52.9 Å². The molecule has 2 nitrogen and oxygen atoms in total. The molecule has 2 fully saturated rings. The monoisotopic (exact) mass is 212 g/mol. The van der Waals surface area contributed by atoms with Gasteiger partial charge in [0.05, 0.1) is 12.7 Å². The summed E-state index contributed by atoms with van der Waals surface area (Å²) in [6.07, 6.45) is 7.32. The molecule has 15 heavy (non-hydrogen) atoms. The van der Waals surface area contributed by atoms with E-state index < -0.39 is 0 Å². The Morgan fingerprint density at radius 2 is 1.73 bits per heavy atom. The molecular weight excluding hydrogens is 188 g/mol. The van der Waals surface area contributed by atoms with Gasteiger partial charge in [0, 0.05) is 5.92 Å². The molecule has 0 aromatic carbocycles. The Hall–Kier alpha value is -0.0800. The van der Waals surface area contributed by atoms with Gasteiger partial charge in [-0.3, -0.25) is 0 Å². The van der Waals surface area contributed by atoms with Gasteiger partial charge in [0.25, 0.3) is 0 Å². The molecule has 1 saturated carbocycles. The van der Waals surface area contributed by atoms with E-state index in [-0.39, 0.29) is 5.79 Å². The molecular formula is C13H24O2. The molecule has 0 N–H and O–H groups in total. The Morgan fingerprint density at radius 3 is 2.40 bits per heavy atom. The second kappa shape index (κ2) is 4.42. The Bertz CT molecular complexity index is 207. The molecule has 0 radical (unpaired) electrons. The van der Waals surface area contributed by atoms with Crippen LogP contribution in [0.3, 0.4) is 0 Å². The number of hydrogen-bond acceptors (Lipinski definition) is 2. The summed E-state index contributed by atoms with van der Waals surface area (Å²) in [6.45, 7) is 7.19. The summed E-state index contributed by atoms with van der Waals surface area (Å²) >= 11 is 0. The van der Waals surface area contributed by atoms with Crippen LogP contribution in [-0.2, 0) is 9.47 Å².